The fourth-order valence-electron chi connectivity index (χ4n) is 2.76. The molecule has 140 valence electrons. The second kappa shape index (κ2) is 8.64. The number of rotatable bonds is 7. The molecule has 7 nitrogen and oxygen atoms in total. The summed E-state index contributed by atoms with van der Waals surface area (Å²) in [4.78, 5) is 20.5. The molecule has 0 aliphatic carbocycles. The van der Waals surface area contributed by atoms with Gasteiger partial charge in [-0.3, -0.25) is 4.79 Å². The van der Waals surface area contributed by atoms with Crippen LogP contribution < -0.4 is 16.0 Å². The fraction of sp³-hybridized carbons (Fsp3) is 0.143. The topological polar surface area (TPSA) is 103 Å². The SMILES string of the molecule is C=CC(=O)Nc1cccc(-c2ccc3c(NCCC#N)nc(NC)nc3c2)c1. The van der Waals surface area contributed by atoms with Gasteiger partial charge in [-0.05, 0) is 41.5 Å². The van der Waals surface area contributed by atoms with E-state index in [1.165, 1.54) is 6.08 Å². The van der Waals surface area contributed by atoms with Crippen LogP contribution in [-0.4, -0.2) is 29.5 Å². The van der Waals surface area contributed by atoms with Crippen LogP contribution >= 0.6 is 0 Å². The van der Waals surface area contributed by atoms with Crippen molar-refractivity contribution in [1.29, 1.82) is 5.26 Å². The lowest BCUT2D eigenvalue weighted by molar-refractivity contribution is -0.111. The molecular weight excluding hydrogens is 352 g/mol. The molecule has 3 rings (SSSR count). The third-order valence-electron chi connectivity index (χ3n) is 4.10. The molecule has 1 amide bonds. The first kappa shape index (κ1) is 18.9. The van der Waals surface area contributed by atoms with E-state index >= 15 is 0 Å². The number of nitrogens with zero attached hydrogens (tertiary/aromatic N) is 3. The van der Waals surface area contributed by atoms with Crippen LogP contribution in [-0.2, 0) is 4.79 Å². The lowest BCUT2D eigenvalue weighted by atomic mass is 10.0. The van der Waals surface area contributed by atoms with Gasteiger partial charge in [0, 0.05) is 24.7 Å². The van der Waals surface area contributed by atoms with Crippen molar-refractivity contribution in [2.24, 2.45) is 0 Å². The van der Waals surface area contributed by atoms with Gasteiger partial charge >= 0.3 is 0 Å². The molecule has 7 heteroatoms. The molecule has 0 spiro atoms. The van der Waals surface area contributed by atoms with Crippen LogP contribution in [0.4, 0.5) is 17.5 Å². The molecule has 3 aromatic rings. The number of nitriles is 1. The highest BCUT2D eigenvalue weighted by atomic mass is 16.1. The van der Waals surface area contributed by atoms with Gasteiger partial charge in [-0.1, -0.05) is 24.8 Å². The molecule has 3 N–H and O–H groups in total. The molecule has 0 saturated carbocycles. The van der Waals surface area contributed by atoms with E-state index in [2.05, 4.69) is 38.6 Å². The molecule has 0 bridgehead atoms. The molecule has 0 atom stereocenters. The second-order valence-electron chi connectivity index (χ2n) is 5.99. The Morgan fingerprint density at radius 2 is 2.04 bits per heavy atom. The summed E-state index contributed by atoms with van der Waals surface area (Å²) < 4.78 is 0. The van der Waals surface area contributed by atoms with E-state index in [0.29, 0.717) is 30.4 Å². The van der Waals surface area contributed by atoms with Crippen molar-refractivity contribution >= 4 is 34.3 Å². The summed E-state index contributed by atoms with van der Waals surface area (Å²) in [5.74, 6) is 0.925. The van der Waals surface area contributed by atoms with Gasteiger partial charge in [-0.2, -0.15) is 10.2 Å². The van der Waals surface area contributed by atoms with Crippen LogP contribution in [0.25, 0.3) is 22.0 Å². The summed E-state index contributed by atoms with van der Waals surface area (Å²) in [6.07, 6.45) is 1.63. The Kier molecular flexibility index (Phi) is 5.82. The minimum Gasteiger partial charge on any atom is -0.368 e. The van der Waals surface area contributed by atoms with E-state index in [-0.39, 0.29) is 5.91 Å². The third-order valence-corrected chi connectivity index (χ3v) is 4.10. The molecule has 28 heavy (non-hydrogen) atoms. The predicted molar refractivity (Wildman–Crippen MR) is 112 cm³/mol. The second-order valence-corrected chi connectivity index (χ2v) is 5.99. The molecule has 0 unspecified atom stereocenters. The van der Waals surface area contributed by atoms with Gasteiger partial charge in [0.15, 0.2) is 0 Å². The van der Waals surface area contributed by atoms with Gasteiger partial charge in [0.2, 0.25) is 11.9 Å². The summed E-state index contributed by atoms with van der Waals surface area (Å²) in [6.45, 7) is 3.98. The lowest BCUT2D eigenvalue weighted by Crippen LogP contribution is -2.07. The molecule has 0 saturated heterocycles. The first-order valence-electron chi connectivity index (χ1n) is 8.79. The summed E-state index contributed by atoms with van der Waals surface area (Å²) in [5, 5.41) is 18.5. The summed E-state index contributed by atoms with van der Waals surface area (Å²) >= 11 is 0. The fourth-order valence-corrected chi connectivity index (χ4v) is 2.76. The molecule has 2 aromatic carbocycles. The number of anilines is 3. The molecule has 1 heterocycles. The smallest absolute Gasteiger partial charge is 0.247 e. The van der Waals surface area contributed by atoms with E-state index < -0.39 is 0 Å². The molecule has 0 aliphatic heterocycles. The first-order valence-corrected chi connectivity index (χ1v) is 8.79. The van der Waals surface area contributed by atoms with Crippen LogP contribution in [0, 0.1) is 11.3 Å². The van der Waals surface area contributed by atoms with Crippen LogP contribution in [0.3, 0.4) is 0 Å². The Morgan fingerprint density at radius 3 is 2.79 bits per heavy atom. The van der Waals surface area contributed by atoms with E-state index in [9.17, 15) is 4.79 Å². The summed E-state index contributed by atoms with van der Waals surface area (Å²) in [6, 6.07) is 15.6. The quantitative estimate of drug-likeness (QED) is 0.431. The van der Waals surface area contributed by atoms with E-state index in [0.717, 1.165) is 22.0 Å². The number of hydrogen-bond acceptors (Lipinski definition) is 6. The van der Waals surface area contributed by atoms with Crippen molar-refractivity contribution in [1.82, 2.24) is 9.97 Å². The molecular formula is C21H20N6O. The maximum absolute atomic E-state index is 11.5. The van der Waals surface area contributed by atoms with Gasteiger partial charge in [0.1, 0.15) is 5.82 Å². The summed E-state index contributed by atoms with van der Waals surface area (Å²) in [7, 11) is 1.76. The van der Waals surface area contributed by atoms with Crippen molar-refractivity contribution < 1.29 is 4.79 Å². The number of benzene rings is 2. The highest BCUT2D eigenvalue weighted by molar-refractivity contribution is 5.99. The Bertz CT molecular complexity index is 1070. The Hall–Kier alpha value is -3.92. The predicted octanol–water partition coefficient (Wildman–Crippen LogP) is 3.79. The molecule has 0 aliphatic rings. The van der Waals surface area contributed by atoms with Gasteiger partial charge in [-0.25, -0.2) is 4.98 Å². The zero-order chi connectivity index (χ0) is 19.9. The number of nitrogens with one attached hydrogen (secondary N) is 3. The Balaban J connectivity index is 2.00. The summed E-state index contributed by atoms with van der Waals surface area (Å²) in [5.41, 5.74) is 3.38. The number of aromatic nitrogens is 2. The standard InChI is InChI=1S/C21H20N6O/c1-3-19(28)25-16-7-4-6-14(12-16)15-8-9-17-18(13-15)26-21(23-2)27-20(17)24-11-5-10-22/h3-4,6-9,12-13H,1,5,11H2,2H3,(H,25,28)(H2,23,24,26,27). The molecule has 0 fully saturated rings. The van der Waals surface area contributed by atoms with Crippen LogP contribution in [0.2, 0.25) is 0 Å². The zero-order valence-electron chi connectivity index (χ0n) is 15.5. The highest BCUT2D eigenvalue weighted by Gasteiger charge is 2.09. The molecule has 1 aromatic heterocycles. The van der Waals surface area contributed by atoms with Crippen molar-refractivity contribution in [2.45, 2.75) is 6.42 Å². The molecule has 0 radical (unpaired) electrons. The number of carbonyl (C=O) groups is 1. The van der Waals surface area contributed by atoms with Crippen LogP contribution in [0.1, 0.15) is 6.42 Å². The van der Waals surface area contributed by atoms with Crippen LogP contribution in [0.15, 0.2) is 55.1 Å². The average molecular weight is 372 g/mol. The monoisotopic (exact) mass is 372 g/mol. The van der Waals surface area contributed by atoms with Crippen LogP contribution in [0.5, 0.6) is 0 Å². The van der Waals surface area contributed by atoms with Gasteiger partial charge in [0.25, 0.3) is 0 Å². The number of carbonyl (C=O) groups excluding carboxylic acids is 1. The number of fused-ring (bicyclic) bond motifs is 1. The number of hydrogen-bond donors (Lipinski definition) is 3. The maximum Gasteiger partial charge on any atom is 0.247 e. The van der Waals surface area contributed by atoms with E-state index in [1.807, 2.05) is 42.5 Å². The van der Waals surface area contributed by atoms with Crippen molar-refractivity contribution in [2.75, 3.05) is 29.5 Å². The van der Waals surface area contributed by atoms with Crippen molar-refractivity contribution in [3.8, 4) is 17.2 Å². The minimum absolute atomic E-state index is 0.254. The highest BCUT2D eigenvalue weighted by Crippen LogP contribution is 2.29. The van der Waals surface area contributed by atoms with E-state index in [1.54, 1.807) is 7.05 Å². The Labute approximate surface area is 163 Å². The third kappa shape index (κ3) is 4.24. The largest absolute Gasteiger partial charge is 0.368 e. The van der Waals surface area contributed by atoms with Crippen molar-refractivity contribution in [3.63, 3.8) is 0 Å². The van der Waals surface area contributed by atoms with Gasteiger partial charge in [-0.15, -0.1) is 0 Å². The van der Waals surface area contributed by atoms with Gasteiger partial charge < -0.3 is 16.0 Å². The normalized spacial score (nSPS) is 10.1. The van der Waals surface area contributed by atoms with Gasteiger partial charge in [0.05, 0.1) is 18.0 Å². The average Bonchev–Trinajstić information content (AvgIpc) is 2.73. The minimum atomic E-state index is -0.254. The van der Waals surface area contributed by atoms with Crippen molar-refractivity contribution in [3.05, 3.63) is 55.1 Å². The maximum atomic E-state index is 11.5. The Morgan fingerprint density at radius 1 is 1.21 bits per heavy atom. The van der Waals surface area contributed by atoms with E-state index in [4.69, 9.17) is 5.26 Å². The number of amides is 1. The zero-order valence-corrected chi connectivity index (χ0v) is 15.5. The lowest BCUT2D eigenvalue weighted by Gasteiger charge is -2.11. The first-order chi connectivity index (χ1) is 13.6.